The molecule has 4 aliphatic carbocycles. The summed E-state index contributed by atoms with van der Waals surface area (Å²) in [6.45, 7) is 15.4. The number of fused-ring (bicyclic) bond motifs is 5. The topological polar surface area (TPSA) is 101 Å². The van der Waals surface area contributed by atoms with Gasteiger partial charge in [0.15, 0.2) is 0 Å². The second kappa shape index (κ2) is 10.3. The smallest absolute Gasteiger partial charge is 0.317 e. The van der Waals surface area contributed by atoms with Gasteiger partial charge >= 0.3 is 11.9 Å². The number of aliphatic hydroxyl groups is 1. The van der Waals surface area contributed by atoms with Crippen molar-refractivity contribution >= 4 is 17.7 Å². The fraction of sp³-hybridized carbons (Fsp3) is 0.727. The Balaban J connectivity index is 1.69. The molecule has 0 aliphatic heterocycles. The molecule has 6 nitrogen and oxygen atoms in total. The van der Waals surface area contributed by atoms with Crippen molar-refractivity contribution in [2.24, 2.45) is 39.4 Å². The number of ketones is 1. The number of hydrogen-bond donors (Lipinski definition) is 2. The van der Waals surface area contributed by atoms with Crippen LogP contribution in [0.1, 0.15) is 99.8 Å². The number of hydrogen-bond acceptors (Lipinski definition) is 5. The van der Waals surface area contributed by atoms with E-state index in [1.165, 1.54) is 16.7 Å². The lowest BCUT2D eigenvalue weighted by Crippen LogP contribution is -2.54. The molecule has 216 valence electrons. The molecule has 0 unspecified atom stereocenters. The predicted octanol–water partition coefficient (Wildman–Crippen LogP) is 6.43. The fourth-order valence-corrected chi connectivity index (χ4v) is 8.97. The van der Waals surface area contributed by atoms with Gasteiger partial charge in [-0.15, -0.1) is 0 Å². The number of carboxylic acids is 1. The van der Waals surface area contributed by atoms with Crippen LogP contribution in [0.25, 0.3) is 0 Å². The maximum atomic E-state index is 12.9. The number of ether oxygens (including phenoxy) is 1. The number of carboxylic acid groups (broad SMARTS) is 1. The molecule has 0 heterocycles. The SMILES string of the molecule is CC(C)=CCC[C@@H](COC(=O)CC(=O)O)[C@H]1C[C@H](O)[C@@]2(C)C3=CC[C@H]4C(C)(C)C(=O)CC[C@]4(C)C3=CC[C@]12C. The highest BCUT2D eigenvalue weighted by atomic mass is 16.5. The van der Waals surface area contributed by atoms with Crippen LogP contribution in [-0.2, 0) is 19.1 Å². The van der Waals surface area contributed by atoms with Crippen molar-refractivity contribution in [3.8, 4) is 0 Å². The monoisotopic (exact) mass is 540 g/mol. The van der Waals surface area contributed by atoms with Gasteiger partial charge in [0.1, 0.15) is 12.2 Å². The first-order valence-corrected chi connectivity index (χ1v) is 14.7. The number of allylic oxidation sites excluding steroid dienone is 5. The van der Waals surface area contributed by atoms with Crippen LogP contribution < -0.4 is 0 Å². The van der Waals surface area contributed by atoms with Crippen molar-refractivity contribution in [3.05, 3.63) is 34.9 Å². The molecule has 4 aliphatic rings. The van der Waals surface area contributed by atoms with Crippen LogP contribution >= 0.6 is 0 Å². The molecule has 0 spiro atoms. The predicted molar refractivity (Wildman–Crippen MR) is 151 cm³/mol. The molecule has 0 aromatic rings. The molecule has 4 rings (SSSR count). The second-order valence-electron chi connectivity index (χ2n) is 14.1. The minimum Gasteiger partial charge on any atom is -0.481 e. The molecule has 0 aromatic carbocycles. The zero-order chi connectivity index (χ0) is 29.0. The highest BCUT2D eigenvalue weighted by Crippen LogP contribution is 2.71. The molecule has 0 aromatic heterocycles. The molecular weight excluding hydrogens is 492 g/mol. The van der Waals surface area contributed by atoms with Crippen LogP contribution in [0.5, 0.6) is 0 Å². The molecule has 2 fully saturated rings. The van der Waals surface area contributed by atoms with Crippen LogP contribution in [-0.4, -0.2) is 40.6 Å². The largest absolute Gasteiger partial charge is 0.481 e. The van der Waals surface area contributed by atoms with Crippen molar-refractivity contribution in [2.75, 3.05) is 6.61 Å². The van der Waals surface area contributed by atoms with Gasteiger partial charge in [0.05, 0.1) is 12.7 Å². The molecule has 7 atom stereocenters. The van der Waals surface area contributed by atoms with Crippen molar-refractivity contribution in [1.29, 1.82) is 0 Å². The summed E-state index contributed by atoms with van der Waals surface area (Å²) < 4.78 is 5.52. The third-order valence-corrected chi connectivity index (χ3v) is 11.5. The number of esters is 1. The highest BCUT2D eigenvalue weighted by molar-refractivity contribution is 5.90. The normalized spacial score (nSPS) is 37.4. The van der Waals surface area contributed by atoms with Crippen LogP contribution in [0.15, 0.2) is 34.9 Å². The number of carbonyl (C=O) groups excluding carboxylic acids is 2. The number of aliphatic carboxylic acids is 1. The summed E-state index contributed by atoms with van der Waals surface area (Å²) in [7, 11) is 0. The molecule has 0 saturated heterocycles. The summed E-state index contributed by atoms with van der Waals surface area (Å²) in [5, 5.41) is 20.8. The Morgan fingerprint density at radius 1 is 1.13 bits per heavy atom. The van der Waals surface area contributed by atoms with E-state index in [1.807, 2.05) is 0 Å². The van der Waals surface area contributed by atoms with Crippen molar-refractivity contribution in [3.63, 3.8) is 0 Å². The highest BCUT2D eigenvalue weighted by Gasteiger charge is 2.66. The summed E-state index contributed by atoms with van der Waals surface area (Å²) in [6.07, 6.45) is 11.1. The molecule has 0 bridgehead atoms. The third-order valence-electron chi connectivity index (χ3n) is 11.5. The quantitative estimate of drug-likeness (QED) is 0.209. The Hall–Kier alpha value is -2.21. The van der Waals surface area contributed by atoms with E-state index in [0.29, 0.717) is 18.6 Å². The molecular formula is C33H48O6. The van der Waals surface area contributed by atoms with E-state index in [2.05, 4.69) is 66.7 Å². The minimum atomic E-state index is -1.19. The van der Waals surface area contributed by atoms with Gasteiger partial charge in [-0.3, -0.25) is 14.4 Å². The van der Waals surface area contributed by atoms with Crippen LogP contribution in [0.4, 0.5) is 0 Å². The molecule has 39 heavy (non-hydrogen) atoms. The van der Waals surface area contributed by atoms with E-state index in [1.54, 1.807) is 0 Å². The van der Waals surface area contributed by atoms with Crippen LogP contribution in [0, 0.1) is 39.4 Å². The Morgan fingerprint density at radius 2 is 1.82 bits per heavy atom. The Labute approximate surface area is 234 Å². The van der Waals surface area contributed by atoms with E-state index >= 15 is 0 Å². The summed E-state index contributed by atoms with van der Waals surface area (Å²) in [4.78, 5) is 36.1. The van der Waals surface area contributed by atoms with Crippen molar-refractivity contribution in [1.82, 2.24) is 0 Å². The minimum absolute atomic E-state index is 0.00790. The van der Waals surface area contributed by atoms with Gasteiger partial charge in [0.2, 0.25) is 0 Å². The molecule has 2 N–H and O–H groups in total. The Kier molecular flexibility index (Phi) is 7.88. The Bertz CT molecular complexity index is 1120. The number of carbonyl (C=O) groups is 3. The number of rotatable bonds is 8. The lowest BCUT2D eigenvalue weighted by Gasteiger charge is -2.60. The van der Waals surface area contributed by atoms with Gasteiger partial charge in [0.25, 0.3) is 0 Å². The van der Waals surface area contributed by atoms with E-state index in [4.69, 9.17) is 9.84 Å². The van der Waals surface area contributed by atoms with Crippen molar-refractivity contribution < 1.29 is 29.3 Å². The average molecular weight is 541 g/mol. The van der Waals surface area contributed by atoms with Crippen molar-refractivity contribution in [2.45, 2.75) is 106 Å². The summed E-state index contributed by atoms with van der Waals surface area (Å²) >= 11 is 0. The summed E-state index contributed by atoms with van der Waals surface area (Å²) in [5.74, 6) is -1.19. The zero-order valence-electron chi connectivity index (χ0n) is 24.9. The maximum Gasteiger partial charge on any atom is 0.317 e. The average Bonchev–Trinajstić information content (AvgIpc) is 3.04. The molecule has 6 heteroatoms. The van der Waals surface area contributed by atoms with Crippen LogP contribution in [0.2, 0.25) is 0 Å². The maximum absolute atomic E-state index is 12.9. The first kappa shape index (κ1) is 29.8. The van der Waals surface area contributed by atoms with Gasteiger partial charge in [-0.25, -0.2) is 0 Å². The number of aliphatic hydroxyl groups excluding tert-OH is 1. The Morgan fingerprint density at radius 3 is 2.46 bits per heavy atom. The van der Waals surface area contributed by atoms with Gasteiger partial charge in [-0.1, -0.05) is 58.4 Å². The lowest BCUT2D eigenvalue weighted by molar-refractivity contribution is -0.153. The summed E-state index contributed by atoms with van der Waals surface area (Å²) in [6, 6.07) is 0. The molecule has 2 saturated carbocycles. The van der Waals surface area contributed by atoms with Gasteiger partial charge in [0, 0.05) is 17.3 Å². The summed E-state index contributed by atoms with van der Waals surface area (Å²) in [5.41, 5.74) is 2.63. The zero-order valence-corrected chi connectivity index (χ0v) is 24.9. The van der Waals surface area contributed by atoms with E-state index in [9.17, 15) is 19.5 Å². The standard InChI is InChI=1S/C33H48O6/c1-20(2)9-8-10-21(19-39-29(38)18-28(36)37)24-17-27(35)33(7)23-11-12-25-30(3,4)26(34)14-15-31(25,5)22(23)13-16-32(24,33)6/h9,11,13,21,24-25,27,35H,8,10,12,14-19H2,1-7H3,(H,36,37)/t21-,24+,25-,27-,31+,32+,33+/m0/s1. The second-order valence-corrected chi connectivity index (χ2v) is 14.1. The fourth-order valence-electron chi connectivity index (χ4n) is 8.97. The first-order chi connectivity index (χ1) is 18.1. The van der Waals surface area contributed by atoms with Gasteiger partial charge in [-0.05, 0) is 92.1 Å². The first-order valence-electron chi connectivity index (χ1n) is 14.7. The van der Waals surface area contributed by atoms with E-state index in [-0.39, 0.29) is 40.6 Å². The molecule has 0 amide bonds. The van der Waals surface area contributed by atoms with Gasteiger partial charge in [-0.2, -0.15) is 0 Å². The molecule has 0 radical (unpaired) electrons. The van der Waals surface area contributed by atoms with E-state index < -0.39 is 29.9 Å². The van der Waals surface area contributed by atoms with Gasteiger partial charge < -0.3 is 14.9 Å². The number of Topliss-reactive ketones (excluding diaryl/α,β-unsaturated/α-hetero) is 1. The van der Waals surface area contributed by atoms with E-state index in [0.717, 1.165) is 32.1 Å². The third kappa shape index (κ3) is 4.75. The lowest BCUT2D eigenvalue weighted by atomic mass is 9.44. The van der Waals surface area contributed by atoms with Crippen LogP contribution in [0.3, 0.4) is 0 Å².